The number of amides is 2. The number of nitrogens with one attached hydrogen (secondary N) is 1. The minimum Gasteiger partial charge on any atom is -0.388 e. The number of fused-ring (bicyclic) bond motifs is 1. The molecule has 0 aromatic heterocycles. The molecule has 1 N–H and O–H groups in total. The zero-order valence-corrected chi connectivity index (χ0v) is 17.4. The molecular formula is C21H19ClF3N3O3. The van der Waals surface area contributed by atoms with E-state index in [0.717, 1.165) is 21.9 Å². The molecule has 31 heavy (non-hydrogen) atoms. The number of carbonyl (C=O) groups is 2. The molecule has 0 saturated heterocycles. The van der Waals surface area contributed by atoms with Gasteiger partial charge < -0.3 is 15.0 Å². The number of benzene rings is 2. The van der Waals surface area contributed by atoms with Crippen molar-refractivity contribution in [3.8, 4) is 0 Å². The largest absolute Gasteiger partial charge is 0.416 e. The SMILES string of the molecule is COCCN/C=C1\C(=O)N(C)c2ccc(C(F)(F)F)cc2N(c2ccc(Cl)cc2)C1=O. The first-order chi connectivity index (χ1) is 14.6. The van der Waals surface area contributed by atoms with E-state index >= 15 is 0 Å². The van der Waals surface area contributed by atoms with E-state index in [4.69, 9.17) is 16.3 Å². The van der Waals surface area contributed by atoms with Crippen LogP contribution >= 0.6 is 11.6 Å². The van der Waals surface area contributed by atoms with Gasteiger partial charge >= 0.3 is 6.18 Å². The normalized spacial score (nSPS) is 15.9. The third-order valence-corrected chi connectivity index (χ3v) is 4.91. The van der Waals surface area contributed by atoms with Gasteiger partial charge in [0, 0.05) is 37.6 Å². The van der Waals surface area contributed by atoms with E-state index in [-0.39, 0.29) is 22.6 Å². The highest BCUT2D eigenvalue weighted by Gasteiger charge is 2.38. The van der Waals surface area contributed by atoms with Crippen LogP contribution in [0.2, 0.25) is 5.02 Å². The molecule has 2 aromatic rings. The molecule has 0 radical (unpaired) electrons. The Hall–Kier alpha value is -3.04. The van der Waals surface area contributed by atoms with Crippen molar-refractivity contribution < 1.29 is 27.5 Å². The van der Waals surface area contributed by atoms with E-state index in [9.17, 15) is 22.8 Å². The summed E-state index contributed by atoms with van der Waals surface area (Å²) in [5, 5.41) is 3.21. The van der Waals surface area contributed by atoms with Crippen LogP contribution in [0.4, 0.5) is 30.2 Å². The summed E-state index contributed by atoms with van der Waals surface area (Å²) in [4.78, 5) is 28.6. The van der Waals surface area contributed by atoms with Crippen LogP contribution in [0.25, 0.3) is 0 Å². The minimum atomic E-state index is -4.63. The smallest absolute Gasteiger partial charge is 0.388 e. The lowest BCUT2D eigenvalue weighted by Gasteiger charge is -2.25. The maximum Gasteiger partial charge on any atom is 0.416 e. The van der Waals surface area contributed by atoms with Crippen LogP contribution in [0, 0.1) is 0 Å². The number of alkyl halides is 3. The molecule has 3 rings (SSSR count). The summed E-state index contributed by atoms with van der Waals surface area (Å²) in [5.41, 5.74) is -0.830. The van der Waals surface area contributed by atoms with E-state index in [1.165, 1.54) is 50.7 Å². The summed E-state index contributed by atoms with van der Waals surface area (Å²) in [6, 6.07) is 8.91. The molecule has 0 saturated carbocycles. The molecule has 1 heterocycles. The van der Waals surface area contributed by atoms with Crippen molar-refractivity contribution in [3.63, 3.8) is 0 Å². The summed E-state index contributed by atoms with van der Waals surface area (Å²) >= 11 is 5.93. The van der Waals surface area contributed by atoms with E-state index < -0.39 is 23.6 Å². The van der Waals surface area contributed by atoms with Gasteiger partial charge in [-0.15, -0.1) is 0 Å². The molecular weight excluding hydrogens is 435 g/mol. The molecule has 2 aromatic carbocycles. The van der Waals surface area contributed by atoms with Crippen LogP contribution in [-0.2, 0) is 20.5 Å². The Morgan fingerprint density at radius 1 is 1.06 bits per heavy atom. The van der Waals surface area contributed by atoms with E-state index in [1.807, 2.05) is 0 Å². The highest BCUT2D eigenvalue weighted by atomic mass is 35.5. The van der Waals surface area contributed by atoms with Gasteiger partial charge in [-0.3, -0.25) is 14.5 Å². The van der Waals surface area contributed by atoms with Gasteiger partial charge in [-0.2, -0.15) is 13.2 Å². The fourth-order valence-corrected chi connectivity index (χ4v) is 3.21. The predicted molar refractivity (Wildman–Crippen MR) is 111 cm³/mol. The Morgan fingerprint density at radius 2 is 1.74 bits per heavy atom. The van der Waals surface area contributed by atoms with Crippen molar-refractivity contribution in [2.45, 2.75) is 6.18 Å². The van der Waals surface area contributed by atoms with Crippen LogP contribution in [0.5, 0.6) is 0 Å². The zero-order valence-electron chi connectivity index (χ0n) is 16.7. The Bertz CT molecular complexity index is 1020. The van der Waals surface area contributed by atoms with Gasteiger partial charge in [-0.25, -0.2) is 0 Å². The molecule has 0 spiro atoms. The maximum absolute atomic E-state index is 13.4. The van der Waals surface area contributed by atoms with Crippen LogP contribution in [0.15, 0.2) is 54.2 Å². The number of rotatable bonds is 5. The molecule has 164 valence electrons. The van der Waals surface area contributed by atoms with Crippen molar-refractivity contribution in [1.29, 1.82) is 0 Å². The van der Waals surface area contributed by atoms with Crippen molar-refractivity contribution in [2.24, 2.45) is 0 Å². The third kappa shape index (κ3) is 4.67. The molecule has 6 nitrogen and oxygen atoms in total. The number of ether oxygens (including phenoxy) is 1. The van der Waals surface area contributed by atoms with Gasteiger partial charge in [-0.1, -0.05) is 11.6 Å². The first-order valence-corrected chi connectivity index (χ1v) is 9.54. The van der Waals surface area contributed by atoms with Crippen LogP contribution in [-0.4, -0.2) is 39.1 Å². The van der Waals surface area contributed by atoms with Crippen molar-refractivity contribution in [3.05, 3.63) is 64.8 Å². The Balaban J connectivity index is 2.20. The molecule has 0 atom stereocenters. The molecule has 0 unspecified atom stereocenters. The lowest BCUT2D eigenvalue weighted by atomic mass is 10.1. The van der Waals surface area contributed by atoms with E-state index in [2.05, 4.69) is 5.32 Å². The quantitative estimate of drug-likeness (QED) is 0.420. The Kier molecular flexibility index (Phi) is 6.56. The summed E-state index contributed by atoms with van der Waals surface area (Å²) in [6.45, 7) is 0.661. The van der Waals surface area contributed by atoms with Gasteiger partial charge in [0.25, 0.3) is 11.8 Å². The van der Waals surface area contributed by atoms with Gasteiger partial charge in [0.2, 0.25) is 0 Å². The van der Waals surface area contributed by atoms with E-state index in [1.54, 1.807) is 0 Å². The second-order valence-corrected chi connectivity index (χ2v) is 7.12. The van der Waals surface area contributed by atoms with Gasteiger partial charge in [0.15, 0.2) is 0 Å². The molecule has 10 heteroatoms. The molecule has 1 aliphatic heterocycles. The second kappa shape index (κ2) is 8.99. The number of carbonyl (C=O) groups excluding carboxylic acids is 2. The standard InChI is InChI=1S/C21H19ClF3N3O3/c1-27-17-8-3-13(21(23,24)25)11-18(17)28(15-6-4-14(22)5-7-15)20(30)16(19(27)29)12-26-9-10-31-2/h3-8,11-12,26H,9-10H2,1-2H3/b16-12+. The lowest BCUT2D eigenvalue weighted by Crippen LogP contribution is -2.33. The second-order valence-electron chi connectivity index (χ2n) is 6.69. The van der Waals surface area contributed by atoms with Crippen LogP contribution in [0.1, 0.15) is 5.56 Å². The lowest BCUT2D eigenvalue weighted by molar-refractivity contribution is -0.137. The molecule has 2 amide bonds. The van der Waals surface area contributed by atoms with Crippen LogP contribution < -0.4 is 15.1 Å². The van der Waals surface area contributed by atoms with Gasteiger partial charge in [0.1, 0.15) is 5.57 Å². The zero-order chi connectivity index (χ0) is 22.8. The average Bonchev–Trinajstić information content (AvgIpc) is 2.80. The fraction of sp³-hybridized carbons (Fsp3) is 0.238. The Labute approximate surface area is 181 Å². The number of nitrogens with zero attached hydrogens (tertiary/aromatic N) is 2. The first-order valence-electron chi connectivity index (χ1n) is 9.17. The van der Waals surface area contributed by atoms with Crippen LogP contribution in [0.3, 0.4) is 0 Å². The molecule has 0 fully saturated rings. The Morgan fingerprint density at radius 3 is 2.35 bits per heavy atom. The number of methoxy groups -OCH3 is 1. The predicted octanol–water partition coefficient (Wildman–Crippen LogP) is 4.12. The van der Waals surface area contributed by atoms with Gasteiger partial charge in [-0.05, 0) is 42.5 Å². The van der Waals surface area contributed by atoms with Crippen molar-refractivity contribution >= 4 is 40.5 Å². The first kappa shape index (κ1) is 22.6. The highest BCUT2D eigenvalue weighted by molar-refractivity contribution is 6.32. The minimum absolute atomic E-state index is 0.0710. The number of hydrogen-bond acceptors (Lipinski definition) is 4. The molecule has 0 bridgehead atoms. The highest BCUT2D eigenvalue weighted by Crippen LogP contribution is 2.42. The van der Waals surface area contributed by atoms with Gasteiger partial charge in [0.05, 0.1) is 23.5 Å². The number of likely N-dealkylation sites (N-methyl/N-ethyl adjacent to an activating group) is 1. The summed E-state index contributed by atoms with van der Waals surface area (Å²) in [6.07, 6.45) is -3.38. The van der Waals surface area contributed by atoms with Crippen molar-refractivity contribution in [1.82, 2.24) is 5.32 Å². The molecule has 0 aliphatic carbocycles. The van der Waals surface area contributed by atoms with Crippen molar-refractivity contribution in [2.75, 3.05) is 37.1 Å². The number of anilines is 3. The summed E-state index contributed by atoms with van der Waals surface area (Å²) in [5.74, 6) is -1.44. The maximum atomic E-state index is 13.4. The topological polar surface area (TPSA) is 61.9 Å². The molecule has 1 aliphatic rings. The third-order valence-electron chi connectivity index (χ3n) is 4.66. The summed E-state index contributed by atoms with van der Waals surface area (Å²) < 4.78 is 45.1. The number of hydrogen-bond donors (Lipinski definition) is 1. The fourth-order valence-electron chi connectivity index (χ4n) is 3.08. The summed E-state index contributed by atoms with van der Waals surface area (Å²) in [7, 11) is 2.90. The monoisotopic (exact) mass is 453 g/mol. The van der Waals surface area contributed by atoms with E-state index in [0.29, 0.717) is 18.2 Å². The number of halogens is 4. The average molecular weight is 454 g/mol.